The third-order valence-electron chi connectivity index (χ3n) is 3.57. The van der Waals surface area contributed by atoms with E-state index in [1.165, 1.54) is 30.3 Å². The number of benzene rings is 2. The Kier molecular flexibility index (Phi) is 3.48. The molecule has 0 aliphatic rings. The molecule has 2 aromatic heterocycles. The molecule has 0 saturated heterocycles. The summed E-state index contributed by atoms with van der Waals surface area (Å²) in [6, 6.07) is 11.9. The van der Waals surface area contributed by atoms with Crippen LogP contribution in [-0.4, -0.2) is 13.4 Å². The molecule has 126 valence electrons. The zero-order chi connectivity index (χ0) is 17.6. The first kappa shape index (κ1) is 15.6. The Morgan fingerprint density at radius 1 is 1.00 bits per heavy atom. The van der Waals surface area contributed by atoms with Crippen molar-refractivity contribution in [3.63, 3.8) is 0 Å². The summed E-state index contributed by atoms with van der Waals surface area (Å²) in [7, 11) is -3.82. The van der Waals surface area contributed by atoms with Gasteiger partial charge in [-0.05, 0) is 42.5 Å². The maximum absolute atomic E-state index is 12.6. The second-order valence-electron chi connectivity index (χ2n) is 5.29. The van der Waals surface area contributed by atoms with Crippen LogP contribution in [0, 0.1) is 0 Å². The number of anilines is 1. The smallest absolute Gasteiger partial charge is 0.336 e. The fourth-order valence-corrected chi connectivity index (χ4v) is 4.37. The van der Waals surface area contributed by atoms with E-state index in [0.29, 0.717) is 26.9 Å². The van der Waals surface area contributed by atoms with Gasteiger partial charge in [0.15, 0.2) is 0 Å². The van der Waals surface area contributed by atoms with E-state index in [0.717, 1.165) is 11.3 Å². The van der Waals surface area contributed by atoms with Gasteiger partial charge in [0, 0.05) is 17.1 Å². The summed E-state index contributed by atoms with van der Waals surface area (Å²) in [4.78, 5) is 25.0. The fraction of sp³-hybridized carbons (Fsp3) is 0. The van der Waals surface area contributed by atoms with Gasteiger partial charge in [0.05, 0.1) is 15.1 Å². The molecule has 4 aromatic rings. The van der Waals surface area contributed by atoms with Crippen LogP contribution in [0.5, 0.6) is 0 Å². The third-order valence-corrected chi connectivity index (χ3v) is 5.80. The van der Waals surface area contributed by atoms with Crippen molar-refractivity contribution >= 4 is 48.2 Å². The van der Waals surface area contributed by atoms with E-state index in [-0.39, 0.29) is 9.77 Å². The van der Waals surface area contributed by atoms with Crippen LogP contribution in [0.1, 0.15) is 0 Å². The SMILES string of the molecule is O=c1ccc2cc(NS(=O)(=O)c3ccc4[nH]c(=O)sc4c3)ccc2o1. The maximum atomic E-state index is 12.6. The summed E-state index contributed by atoms with van der Waals surface area (Å²) in [6.45, 7) is 0. The van der Waals surface area contributed by atoms with Crippen molar-refractivity contribution in [2.45, 2.75) is 4.90 Å². The Labute approximate surface area is 144 Å². The van der Waals surface area contributed by atoms with Crippen molar-refractivity contribution in [3.05, 3.63) is 68.6 Å². The first-order chi connectivity index (χ1) is 11.9. The average molecular weight is 374 g/mol. The lowest BCUT2D eigenvalue weighted by Gasteiger charge is -2.08. The first-order valence-electron chi connectivity index (χ1n) is 7.10. The van der Waals surface area contributed by atoms with Crippen LogP contribution in [0.2, 0.25) is 0 Å². The monoisotopic (exact) mass is 374 g/mol. The molecule has 2 heterocycles. The number of hydrogen-bond acceptors (Lipinski definition) is 6. The Balaban J connectivity index is 1.73. The second-order valence-corrected chi connectivity index (χ2v) is 7.98. The van der Waals surface area contributed by atoms with Gasteiger partial charge in [0.2, 0.25) is 0 Å². The second kappa shape index (κ2) is 5.57. The molecule has 0 aliphatic heterocycles. The summed E-state index contributed by atoms with van der Waals surface area (Å²) >= 11 is 0.947. The fourth-order valence-electron chi connectivity index (χ4n) is 2.44. The zero-order valence-corrected chi connectivity index (χ0v) is 14.1. The molecule has 4 rings (SSSR count). The lowest BCUT2D eigenvalue weighted by molar-refractivity contribution is 0.561. The molecule has 0 fully saturated rings. The van der Waals surface area contributed by atoms with Crippen LogP contribution >= 0.6 is 11.3 Å². The highest BCUT2D eigenvalue weighted by Gasteiger charge is 2.16. The highest BCUT2D eigenvalue weighted by atomic mass is 32.2. The number of nitrogens with one attached hydrogen (secondary N) is 2. The quantitative estimate of drug-likeness (QED) is 0.536. The molecule has 0 spiro atoms. The van der Waals surface area contributed by atoms with Crippen molar-refractivity contribution in [2.75, 3.05) is 4.72 Å². The van der Waals surface area contributed by atoms with Gasteiger partial charge in [-0.2, -0.15) is 0 Å². The number of fused-ring (bicyclic) bond motifs is 2. The van der Waals surface area contributed by atoms with Gasteiger partial charge < -0.3 is 9.40 Å². The van der Waals surface area contributed by atoms with Crippen molar-refractivity contribution in [3.8, 4) is 0 Å². The Morgan fingerprint density at radius 2 is 1.84 bits per heavy atom. The lowest BCUT2D eigenvalue weighted by atomic mass is 10.2. The molecule has 25 heavy (non-hydrogen) atoms. The van der Waals surface area contributed by atoms with E-state index in [1.807, 2.05) is 0 Å². The highest BCUT2D eigenvalue weighted by Crippen LogP contribution is 2.23. The summed E-state index contributed by atoms with van der Waals surface area (Å²) in [5, 5.41) is 0.596. The Bertz CT molecular complexity index is 1330. The molecule has 9 heteroatoms. The molecule has 0 bridgehead atoms. The van der Waals surface area contributed by atoms with Gasteiger partial charge in [-0.1, -0.05) is 11.3 Å². The van der Waals surface area contributed by atoms with Crippen molar-refractivity contribution in [1.29, 1.82) is 0 Å². The van der Waals surface area contributed by atoms with Gasteiger partial charge >= 0.3 is 10.5 Å². The molecule has 2 N–H and O–H groups in total. The molecule has 0 radical (unpaired) electrons. The largest absolute Gasteiger partial charge is 0.423 e. The van der Waals surface area contributed by atoms with E-state index in [2.05, 4.69) is 9.71 Å². The molecule has 0 unspecified atom stereocenters. The minimum Gasteiger partial charge on any atom is -0.423 e. The standard InChI is InChI=1S/C16H10N2O5S2/c19-15-6-1-9-7-10(2-5-13(9)23-15)18-25(21,22)11-3-4-12-14(8-11)24-16(20)17-12/h1-8,18H,(H,17,20). The molecule has 0 atom stereocenters. The third kappa shape index (κ3) is 2.94. The molecule has 0 amide bonds. The van der Waals surface area contributed by atoms with Crippen LogP contribution in [0.15, 0.2) is 67.4 Å². The predicted molar refractivity (Wildman–Crippen MR) is 95.7 cm³/mol. The van der Waals surface area contributed by atoms with Crippen molar-refractivity contribution < 1.29 is 12.8 Å². The first-order valence-corrected chi connectivity index (χ1v) is 9.40. The van der Waals surface area contributed by atoms with Gasteiger partial charge in [0.1, 0.15) is 5.58 Å². The number of aromatic nitrogens is 1. The molecule has 2 aromatic carbocycles. The summed E-state index contributed by atoms with van der Waals surface area (Å²) < 4.78 is 33.2. The van der Waals surface area contributed by atoms with Gasteiger partial charge in [-0.25, -0.2) is 13.2 Å². The normalized spacial score (nSPS) is 11.8. The molecule has 0 saturated carbocycles. The minimum absolute atomic E-state index is 0.0509. The molecule has 0 aliphatic carbocycles. The number of sulfonamides is 1. The predicted octanol–water partition coefficient (Wildman–Crippen LogP) is 2.50. The lowest BCUT2D eigenvalue weighted by Crippen LogP contribution is -2.12. The molecule has 7 nitrogen and oxygen atoms in total. The molecular formula is C16H10N2O5S2. The van der Waals surface area contributed by atoms with E-state index in [4.69, 9.17) is 4.42 Å². The minimum atomic E-state index is -3.82. The van der Waals surface area contributed by atoms with Gasteiger partial charge in [-0.15, -0.1) is 0 Å². The zero-order valence-electron chi connectivity index (χ0n) is 12.5. The Hall–Kier alpha value is -2.91. The van der Waals surface area contributed by atoms with Crippen molar-refractivity contribution in [2.24, 2.45) is 0 Å². The topological polar surface area (TPSA) is 109 Å². The van der Waals surface area contributed by atoms with E-state index in [1.54, 1.807) is 18.2 Å². The van der Waals surface area contributed by atoms with Gasteiger partial charge in [0.25, 0.3) is 10.0 Å². The van der Waals surface area contributed by atoms with Crippen LogP contribution in [0.25, 0.3) is 21.2 Å². The van der Waals surface area contributed by atoms with Crippen molar-refractivity contribution in [1.82, 2.24) is 4.98 Å². The summed E-state index contributed by atoms with van der Waals surface area (Å²) in [5.74, 6) is 0. The van der Waals surface area contributed by atoms with Crippen LogP contribution in [0.3, 0.4) is 0 Å². The number of H-pyrrole nitrogens is 1. The maximum Gasteiger partial charge on any atom is 0.336 e. The summed E-state index contributed by atoms with van der Waals surface area (Å²) in [6.07, 6.45) is 0. The van der Waals surface area contributed by atoms with E-state index >= 15 is 0 Å². The number of thiazole rings is 1. The van der Waals surface area contributed by atoms with E-state index in [9.17, 15) is 18.0 Å². The number of rotatable bonds is 3. The number of aromatic amines is 1. The number of hydrogen-bond donors (Lipinski definition) is 2. The summed E-state index contributed by atoms with van der Waals surface area (Å²) in [5.41, 5.74) is 0.826. The Morgan fingerprint density at radius 3 is 2.68 bits per heavy atom. The average Bonchev–Trinajstić information content (AvgIpc) is 2.94. The highest BCUT2D eigenvalue weighted by molar-refractivity contribution is 7.92. The van der Waals surface area contributed by atoms with Crippen LogP contribution in [0.4, 0.5) is 5.69 Å². The molecular weight excluding hydrogens is 364 g/mol. The van der Waals surface area contributed by atoms with E-state index < -0.39 is 15.6 Å². The van der Waals surface area contributed by atoms with Gasteiger partial charge in [-0.3, -0.25) is 9.52 Å². The van der Waals surface area contributed by atoms with Crippen LogP contribution in [-0.2, 0) is 10.0 Å². The van der Waals surface area contributed by atoms with Crippen LogP contribution < -0.4 is 15.2 Å².